The van der Waals surface area contributed by atoms with Crippen molar-refractivity contribution in [2.75, 3.05) is 40.5 Å². The summed E-state index contributed by atoms with van der Waals surface area (Å²) < 4.78 is 10.5. The quantitative estimate of drug-likeness (QED) is 0.472. The predicted molar refractivity (Wildman–Crippen MR) is 127 cm³/mol. The molecule has 1 aliphatic heterocycles. The minimum Gasteiger partial charge on any atom is -0.497 e. The average molecular weight is 459 g/mol. The van der Waals surface area contributed by atoms with Crippen LogP contribution in [-0.4, -0.2) is 62.1 Å². The molecule has 2 heterocycles. The molecular weight excluding hydrogens is 424 g/mol. The highest BCUT2D eigenvalue weighted by molar-refractivity contribution is 7.10. The molecule has 174 valence electrons. The van der Waals surface area contributed by atoms with Gasteiger partial charge in [0, 0.05) is 38.1 Å². The number of thiophene rings is 1. The number of hydrogen-bond donors (Lipinski definition) is 0. The highest BCUT2D eigenvalue weighted by Crippen LogP contribution is 2.38. The Hall–Kier alpha value is -2.38. The minimum atomic E-state index is -0.144. The van der Waals surface area contributed by atoms with E-state index in [1.807, 2.05) is 29.2 Å². The number of methoxy groups -OCH3 is 2. The van der Waals surface area contributed by atoms with Crippen LogP contribution in [0.3, 0.4) is 0 Å². The first kappa shape index (κ1) is 24.3. The van der Waals surface area contributed by atoms with E-state index in [2.05, 4.69) is 18.4 Å². The standard InChI is InChI=1S/C25H34N2O4S/c1-4-5-7-23(28)26(14-6-16-30-2)18-24(29)27-15-12-22-21(13-17-32-22)25(27)19-8-10-20(31-3)11-9-19/h8-11,13,17,25H,4-7,12,14-16,18H2,1-3H3. The molecule has 1 aromatic carbocycles. The topological polar surface area (TPSA) is 59.1 Å². The summed E-state index contributed by atoms with van der Waals surface area (Å²) in [7, 11) is 3.30. The van der Waals surface area contributed by atoms with E-state index in [0.717, 1.165) is 37.0 Å². The van der Waals surface area contributed by atoms with Crippen LogP contribution in [0.1, 0.15) is 54.7 Å². The zero-order valence-electron chi connectivity index (χ0n) is 19.3. The van der Waals surface area contributed by atoms with E-state index in [1.165, 1.54) is 10.4 Å². The molecule has 0 fully saturated rings. The van der Waals surface area contributed by atoms with Gasteiger partial charge < -0.3 is 19.3 Å². The van der Waals surface area contributed by atoms with Crippen LogP contribution in [-0.2, 0) is 20.7 Å². The lowest BCUT2D eigenvalue weighted by atomic mass is 9.93. The molecule has 0 aliphatic carbocycles. The third kappa shape index (κ3) is 5.90. The van der Waals surface area contributed by atoms with Crippen molar-refractivity contribution in [3.63, 3.8) is 0 Å². The summed E-state index contributed by atoms with van der Waals surface area (Å²) in [4.78, 5) is 31.3. The SMILES string of the molecule is CCCCC(=O)N(CCCOC)CC(=O)N1CCc2sccc2C1c1ccc(OC)cc1. The van der Waals surface area contributed by atoms with Crippen LogP contribution in [0, 0.1) is 0 Å². The maximum Gasteiger partial charge on any atom is 0.242 e. The Balaban J connectivity index is 1.81. The van der Waals surface area contributed by atoms with Gasteiger partial charge in [0.05, 0.1) is 19.7 Å². The van der Waals surface area contributed by atoms with E-state index in [-0.39, 0.29) is 24.4 Å². The molecule has 1 aromatic heterocycles. The van der Waals surface area contributed by atoms with Crippen molar-refractivity contribution in [3.05, 3.63) is 51.7 Å². The number of amides is 2. The molecule has 1 atom stereocenters. The summed E-state index contributed by atoms with van der Waals surface area (Å²) in [5.41, 5.74) is 2.24. The molecule has 0 saturated heterocycles. The van der Waals surface area contributed by atoms with Crippen molar-refractivity contribution >= 4 is 23.2 Å². The Kier molecular flexibility index (Phi) is 9.11. The Labute approximate surface area is 195 Å². The summed E-state index contributed by atoms with van der Waals surface area (Å²) in [5, 5.41) is 2.10. The molecule has 3 rings (SSSR count). The second-order valence-corrected chi connectivity index (χ2v) is 9.08. The van der Waals surface area contributed by atoms with Crippen LogP contribution in [0.15, 0.2) is 35.7 Å². The number of hydrogen-bond acceptors (Lipinski definition) is 5. The molecule has 32 heavy (non-hydrogen) atoms. The van der Waals surface area contributed by atoms with Gasteiger partial charge in [0.2, 0.25) is 11.8 Å². The normalized spacial score (nSPS) is 15.3. The summed E-state index contributed by atoms with van der Waals surface area (Å²) in [6.07, 6.45) is 3.84. The van der Waals surface area contributed by atoms with Crippen LogP contribution >= 0.6 is 11.3 Å². The third-order valence-electron chi connectivity index (χ3n) is 5.92. The molecule has 0 spiro atoms. The van der Waals surface area contributed by atoms with Crippen LogP contribution in [0.4, 0.5) is 0 Å². The van der Waals surface area contributed by atoms with Crippen molar-refractivity contribution in [3.8, 4) is 5.75 Å². The second kappa shape index (κ2) is 12.0. The maximum absolute atomic E-state index is 13.5. The van der Waals surface area contributed by atoms with Crippen LogP contribution in [0.25, 0.3) is 0 Å². The molecule has 0 radical (unpaired) electrons. The molecule has 6 nitrogen and oxygen atoms in total. The van der Waals surface area contributed by atoms with Gasteiger partial charge in [-0.1, -0.05) is 25.5 Å². The van der Waals surface area contributed by atoms with E-state index < -0.39 is 0 Å². The number of benzene rings is 1. The summed E-state index contributed by atoms with van der Waals surface area (Å²) in [5.74, 6) is 0.828. The monoisotopic (exact) mass is 458 g/mol. The Morgan fingerprint density at radius 3 is 2.62 bits per heavy atom. The molecular formula is C25H34N2O4S. The van der Waals surface area contributed by atoms with E-state index in [4.69, 9.17) is 9.47 Å². The first-order valence-electron chi connectivity index (χ1n) is 11.3. The smallest absolute Gasteiger partial charge is 0.242 e. The third-order valence-corrected chi connectivity index (χ3v) is 6.91. The maximum atomic E-state index is 13.5. The number of nitrogens with zero attached hydrogens (tertiary/aromatic N) is 2. The lowest BCUT2D eigenvalue weighted by Gasteiger charge is -2.37. The van der Waals surface area contributed by atoms with Crippen molar-refractivity contribution in [1.82, 2.24) is 9.80 Å². The molecule has 1 aliphatic rings. The zero-order chi connectivity index (χ0) is 22.9. The van der Waals surface area contributed by atoms with Crippen LogP contribution in [0.5, 0.6) is 5.75 Å². The van der Waals surface area contributed by atoms with Crippen LogP contribution in [0.2, 0.25) is 0 Å². The van der Waals surface area contributed by atoms with Gasteiger partial charge in [-0.2, -0.15) is 0 Å². The van der Waals surface area contributed by atoms with Gasteiger partial charge in [0.15, 0.2) is 0 Å². The van der Waals surface area contributed by atoms with Gasteiger partial charge in [-0.25, -0.2) is 0 Å². The predicted octanol–water partition coefficient (Wildman–Crippen LogP) is 4.29. The molecule has 2 amide bonds. The fourth-order valence-electron chi connectivity index (χ4n) is 4.16. The number of carbonyl (C=O) groups excluding carboxylic acids is 2. The number of rotatable bonds is 11. The van der Waals surface area contributed by atoms with Gasteiger partial charge in [0.1, 0.15) is 5.75 Å². The van der Waals surface area contributed by atoms with E-state index in [9.17, 15) is 9.59 Å². The summed E-state index contributed by atoms with van der Waals surface area (Å²) in [6.45, 7) is 3.94. The van der Waals surface area contributed by atoms with Crippen molar-refractivity contribution in [1.29, 1.82) is 0 Å². The van der Waals surface area contributed by atoms with Crippen molar-refractivity contribution < 1.29 is 19.1 Å². The average Bonchev–Trinajstić information content (AvgIpc) is 3.30. The number of carbonyl (C=O) groups is 2. The molecule has 0 saturated carbocycles. The Morgan fingerprint density at radius 2 is 1.94 bits per heavy atom. The number of ether oxygens (including phenoxy) is 2. The Morgan fingerprint density at radius 1 is 1.16 bits per heavy atom. The number of fused-ring (bicyclic) bond motifs is 1. The van der Waals surface area contributed by atoms with Gasteiger partial charge in [-0.15, -0.1) is 11.3 Å². The summed E-state index contributed by atoms with van der Waals surface area (Å²) in [6, 6.07) is 9.90. The van der Waals surface area contributed by atoms with Gasteiger partial charge >= 0.3 is 0 Å². The highest BCUT2D eigenvalue weighted by Gasteiger charge is 2.33. The molecule has 7 heteroatoms. The fourth-order valence-corrected chi connectivity index (χ4v) is 5.07. The summed E-state index contributed by atoms with van der Waals surface area (Å²) >= 11 is 1.75. The Bertz CT molecular complexity index is 880. The van der Waals surface area contributed by atoms with Crippen LogP contribution < -0.4 is 4.74 Å². The zero-order valence-corrected chi connectivity index (χ0v) is 20.2. The molecule has 0 N–H and O–H groups in total. The first-order valence-corrected chi connectivity index (χ1v) is 12.2. The molecule has 1 unspecified atom stereocenters. The second-order valence-electron chi connectivity index (χ2n) is 8.08. The lowest BCUT2D eigenvalue weighted by molar-refractivity contribution is -0.142. The van der Waals surface area contributed by atoms with Gasteiger partial charge in [0.25, 0.3) is 0 Å². The van der Waals surface area contributed by atoms with Gasteiger partial charge in [-0.3, -0.25) is 9.59 Å². The lowest BCUT2D eigenvalue weighted by Crippen LogP contribution is -2.47. The largest absolute Gasteiger partial charge is 0.497 e. The van der Waals surface area contributed by atoms with Gasteiger partial charge in [-0.05, 0) is 54.0 Å². The highest BCUT2D eigenvalue weighted by atomic mass is 32.1. The first-order chi connectivity index (χ1) is 15.6. The molecule has 2 aromatic rings. The minimum absolute atomic E-state index is 0.00932. The van der Waals surface area contributed by atoms with E-state index >= 15 is 0 Å². The van der Waals surface area contributed by atoms with Crippen molar-refractivity contribution in [2.24, 2.45) is 0 Å². The fraction of sp³-hybridized carbons (Fsp3) is 0.520. The van der Waals surface area contributed by atoms with E-state index in [1.54, 1.807) is 30.5 Å². The molecule has 0 bridgehead atoms. The van der Waals surface area contributed by atoms with E-state index in [0.29, 0.717) is 26.1 Å². The number of unbranched alkanes of at least 4 members (excludes halogenated alkanes) is 1. The van der Waals surface area contributed by atoms with Crippen molar-refractivity contribution in [2.45, 2.75) is 45.1 Å².